The lowest BCUT2D eigenvalue weighted by molar-refractivity contribution is -0.135. The average molecular weight is 424 g/mol. The molecular formula is C19H18F2N2O5S. The third-order valence-corrected chi connectivity index (χ3v) is 6.31. The lowest BCUT2D eigenvalue weighted by atomic mass is 10.2. The van der Waals surface area contributed by atoms with Gasteiger partial charge in [0.25, 0.3) is 5.91 Å². The fraction of sp³-hybridized carbons (Fsp3) is 0.263. The Morgan fingerprint density at radius 3 is 2.10 bits per heavy atom. The van der Waals surface area contributed by atoms with Gasteiger partial charge < -0.3 is 9.64 Å². The number of rotatable bonds is 5. The van der Waals surface area contributed by atoms with Crippen molar-refractivity contribution in [2.45, 2.75) is 4.90 Å². The van der Waals surface area contributed by atoms with Crippen LogP contribution in [0.4, 0.5) is 8.78 Å². The first-order valence-corrected chi connectivity index (χ1v) is 10.2. The van der Waals surface area contributed by atoms with Gasteiger partial charge in [0.1, 0.15) is 11.6 Å². The van der Waals surface area contributed by atoms with Gasteiger partial charge in [0.05, 0.1) is 10.5 Å². The second-order valence-electron chi connectivity index (χ2n) is 6.33. The van der Waals surface area contributed by atoms with E-state index in [2.05, 4.69) is 0 Å². The molecule has 154 valence electrons. The molecule has 1 saturated heterocycles. The summed E-state index contributed by atoms with van der Waals surface area (Å²) in [7, 11) is -3.64. The molecule has 0 aromatic heterocycles. The van der Waals surface area contributed by atoms with Crippen molar-refractivity contribution >= 4 is 21.9 Å². The van der Waals surface area contributed by atoms with Crippen molar-refractivity contribution in [3.05, 3.63) is 65.7 Å². The van der Waals surface area contributed by atoms with E-state index in [1.54, 1.807) is 18.2 Å². The minimum absolute atomic E-state index is 0.103. The van der Waals surface area contributed by atoms with Crippen molar-refractivity contribution in [2.75, 3.05) is 32.8 Å². The fourth-order valence-corrected chi connectivity index (χ4v) is 4.34. The highest BCUT2D eigenvalue weighted by Gasteiger charge is 2.30. The molecule has 0 unspecified atom stereocenters. The number of sulfonamides is 1. The maximum Gasteiger partial charge on any atom is 0.338 e. The highest BCUT2D eigenvalue weighted by Crippen LogP contribution is 2.17. The number of halogens is 2. The van der Waals surface area contributed by atoms with Crippen LogP contribution in [0.5, 0.6) is 0 Å². The average Bonchev–Trinajstić information content (AvgIpc) is 2.71. The van der Waals surface area contributed by atoms with Gasteiger partial charge in [-0.05, 0) is 24.3 Å². The zero-order chi connectivity index (χ0) is 21.0. The zero-order valence-electron chi connectivity index (χ0n) is 15.3. The first-order chi connectivity index (χ1) is 13.8. The minimum atomic E-state index is -3.64. The van der Waals surface area contributed by atoms with Crippen LogP contribution in [0.15, 0.2) is 53.4 Å². The molecule has 1 heterocycles. The Balaban J connectivity index is 1.53. The van der Waals surface area contributed by atoms with Crippen LogP contribution in [0.2, 0.25) is 0 Å². The van der Waals surface area contributed by atoms with Gasteiger partial charge in [-0.3, -0.25) is 4.79 Å². The summed E-state index contributed by atoms with van der Waals surface area (Å²) in [5.41, 5.74) is -0.339. The third kappa shape index (κ3) is 4.96. The standard InChI is InChI=1S/C19H18F2N2O5S/c20-15-10-14(11-16(21)12-15)19(25)28-13-18(24)22-6-8-23(9-7-22)29(26,27)17-4-2-1-3-5-17/h1-5,10-12H,6-9,13H2. The predicted molar refractivity (Wildman–Crippen MR) is 98.4 cm³/mol. The fourth-order valence-electron chi connectivity index (χ4n) is 2.89. The molecule has 1 aliphatic rings. The van der Waals surface area contributed by atoms with E-state index in [-0.39, 0.29) is 36.6 Å². The van der Waals surface area contributed by atoms with Crippen molar-refractivity contribution < 1.29 is 31.5 Å². The molecule has 0 aliphatic carbocycles. The summed E-state index contributed by atoms with van der Waals surface area (Å²) in [4.78, 5) is 25.6. The second kappa shape index (κ2) is 8.66. The van der Waals surface area contributed by atoms with Crippen LogP contribution in [0.3, 0.4) is 0 Å². The Morgan fingerprint density at radius 1 is 0.931 bits per heavy atom. The van der Waals surface area contributed by atoms with Crippen LogP contribution < -0.4 is 0 Å². The first-order valence-electron chi connectivity index (χ1n) is 8.73. The lowest BCUT2D eigenvalue weighted by Gasteiger charge is -2.33. The molecule has 10 heteroatoms. The molecule has 2 aromatic rings. The summed E-state index contributed by atoms with van der Waals surface area (Å²) >= 11 is 0. The molecule has 2 aromatic carbocycles. The van der Waals surface area contributed by atoms with Crippen LogP contribution >= 0.6 is 0 Å². The summed E-state index contributed by atoms with van der Waals surface area (Å²) in [6, 6.07) is 10.2. The number of carbonyl (C=O) groups excluding carboxylic acids is 2. The SMILES string of the molecule is O=C(OCC(=O)N1CCN(S(=O)(=O)c2ccccc2)CC1)c1cc(F)cc(F)c1. The van der Waals surface area contributed by atoms with Crippen LogP contribution in [-0.4, -0.2) is 62.3 Å². The number of esters is 1. The Hall–Kier alpha value is -2.85. The van der Waals surface area contributed by atoms with E-state index in [0.717, 1.165) is 12.1 Å². The minimum Gasteiger partial charge on any atom is -0.452 e. The van der Waals surface area contributed by atoms with Crippen molar-refractivity contribution in [3.63, 3.8) is 0 Å². The maximum absolute atomic E-state index is 13.2. The Kier molecular flexibility index (Phi) is 6.23. The molecule has 0 spiro atoms. The molecule has 1 aliphatic heterocycles. The topological polar surface area (TPSA) is 84.0 Å². The van der Waals surface area contributed by atoms with E-state index >= 15 is 0 Å². The van der Waals surface area contributed by atoms with Gasteiger partial charge in [0.15, 0.2) is 6.61 Å². The Labute approximate surface area is 166 Å². The van der Waals surface area contributed by atoms with Crippen molar-refractivity contribution in [3.8, 4) is 0 Å². The summed E-state index contributed by atoms with van der Waals surface area (Å²) in [6.45, 7) is -0.130. The Bertz CT molecular complexity index is 986. The number of piperazine rings is 1. The normalized spacial score (nSPS) is 15.2. The monoisotopic (exact) mass is 424 g/mol. The number of hydrogen-bond donors (Lipinski definition) is 0. The first kappa shape index (κ1) is 20.9. The van der Waals surface area contributed by atoms with Gasteiger partial charge in [0.2, 0.25) is 10.0 Å². The molecule has 1 amide bonds. The summed E-state index contributed by atoms with van der Waals surface area (Å²) in [5, 5.41) is 0. The van der Waals surface area contributed by atoms with E-state index < -0.39 is 40.1 Å². The highest BCUT2D eigenvalue weighted by atomic mass is 32.2. The van der Waals surface area contributed by atoms with Crippen molar-refractivity contribution in [2.24, 2.45) is 0 Å². The van der Waals surface area contributed by atoms with Gasteiger partial charge in [-0.25, -0.2) is 22.0 Å². The molecule has 0 bridgehead atoms. The van der Waals surface area contributed by atoms with Crippen molar-refractivity contribution in [1.29, 1.82) is 0 Å². The molecule has 3 rings (SSSR count). The van der Waals surface area contributed by atoms with Crippen LogP contribution in [0.1, 0.15) is 10.4 Å². The molecule has 0 atom stereocenters. The van der Waals surface area contributed by atoms with Crippen LogP contribution in [0.25, 0.3) is 0 Å². The Morgan fingerprint density at radius 2 is 1.52 bits per heavy atom. The predicted octanol–water partition coefficient (Wildman–Crippen LogP) is 1.65. The van der Waals surface area contributed by atoms with Gasteiger partial charge in [-0.2, -0.15) is 4.31 Å². The molecule has 1 fully saturated rings. The van der Waals surface area contributed by atoms with Gasteiger partial charge in [-0.15, -0.1) is 0 Å². The molecule has 0 N–H and O–H groups in total. The van der Waals surface area contributed by atoms with Gasteiger partial charge >= 0.3 is 5.97 Å². The molecule has 0 saturated carbocycles. The number of nitrogens with zero attached hydrogens (tertiary/aromatic N) is 2. The van der Waals surface area contributed by atoms with E-state index in [0.29, 0.717) is 6.07 Å². The smallest absolute Gasteiger partial charge is 0.338 e. The molecular weight excluding hydrogens is 406 g/mol. The van der Waals surface area contributed by atoms with E-state index in [9.17, 15) is 26.8 Å². The number of benzene rings is 2. The number of carbonyl (C=O) groups is 2. The van der Waals surface area contributed by atoms with E-state index in [1.807, 2.05) is 0 Å². The number of amides is 1. The van der Waals surface area contributed by atoms with Crippen LogP contribution in [0, 0.1) is 11.6 Å². The second-order valence-corrected chi connectivity index (χ2v) is 8.27. The van der Waals surface area contributed by atoms with Gasteiger partial charge in [0, 0.05) is 32.2 Å². The maximum atomic E-state index is 13.2. The van der Waals surface area contributed by atoms with Gasteiger partial charge in [-0.1, -0.05) is 18.2 Å². The largest absolute Gasteiger partial charge is 0.452 e. The number of hydrogen-bond acceptors (Lipinski definition) is 5. The zero-order valence-corrected chi connectivity index (χ0v) is 16.1. The third-order valence-electron chi connectivity index (χ3n) is 4.40. The summed E-state index contributed by atoms with van der Waals surface area (Å²) in [5.74, 6) is -3.41. The van der Waals surface area contributed by atoms with E-state index in [4.69, 9.17) is 4.74 Å². The number of ether oxygens (including phenoxy) is 1. The molecule has 29 heavy (non-hydrogen) atoms. The summed E-state index contributed by atoms with van der Waals surface area (Å²) < 4.78 is 57.6. The molecule has 7 nitrogen and oxygen atoms in total. The molecule has 0 radical (unpaired) electrons. The quantitative estimate of drug-likeness (QED) is 0.682. The van der Waals surface area contributed by atoms with Crippen LogP contribution in [-0.2, 0) is 19.6 Å². The lowest BCUT2D eigenvalue weighted by Crippen LogP contribution is -2.51. The summed E-state index contributed by atoms with van der Waals surface area (Å²) in [6.07, 6.45) is 0. The highest BCUT2D eigenvalue weighted by molar-refractivity contribution is 7.89. The van der Waals surface area contributed by atoms with E-state index in [1.165, 1.54) is 21.3 Å². The van der Waals surface area contributed by atoms with Crippen molar-refractivity contribution in [1.82, 2.24) is 9.21 Å².